The lowest BCUT2D eigenvalue weighted by atomic mass is 9.86. The molecule has 0 aliphatic heterocycles. The Bertz CT molecular complexity index is 4680. The monoisotopic (exact) mass is 1930 g/mol. The highest BCUT2D eigenvalue weighted by Gasteiger charge is 2.40. The van der Waals surface area contributed by atoms with Gasteiger partial charge in [0, 0.05) is 6.42 Å². The first kappa shape index (κ1) is 111. The maximum atomic E-state index is 12.7. The summed E-state index contributed by atoms with van der Waals surface area (Å²) in [5, 5.41) is 0. The molecule has 1 unspecified atom stereocenters. The number of rotatable bonds is 41. The van der Waals surface area contributed by atoms with Gasteiger partial charge in [-0.3, -0.25) is 29.0 Å². The molecule has 0 spiro atoms. The van der Waals surface area contributed by atoms with Crippen molar-refractivity contribution in [1.82, 2.24) is 0 Å². The molecule has 13 rings (SSSR count). The third kappa shape index (κ3) is 40.8. The van der Waals surface area contributed by atoms with Crippen molar-refractivity contribution in [2.45, 2.75) is 245 Å². The van der Waals surface area contributed by atoms with Crippen LogP contribution < -0.4 is 0 Å². The van der Waals surface area contributed by atoms with Crippen molar-refractivity contribution in [3.63, 3.8) is 0 Å². The molecule has 6 aliphatic carbocycles. The minimum Gasteiger partial charge on any atom is -0.465 e. The molecule has 6 aliphatic rings. The van der Waals surface area contributed by atoms with Crippen LogP contribution in [0.1, 0.15) is 305 Å². The molecule has 140 heavy (non-hydrogen) atoms. The van der Waals surface area contributed by atoms with Crippen LogP contribution in [0, 0.1) is 46.3 Å². The van der Waals surface area contributed by atoms with Gasteiger partial charge in [-0.25, -0.2) is 43.2 Å². The summed E-state index contributed by atoms with van der Waals surface area (Å²) < 4.78 is 60.3. The molecule has 28 nitrogen and oxygen atoms in total. The third-order valence-electron chi connectivity index (χ3n) is 25.9. The smallest absolute Gasteiger partial charge is 0.345 e. The van der Waals surface area contributed by atoms with Gasteiger partial charge in [-0.05, 0) is 182 Å². The Hall–Kier alpha value is -12.4. The van der Waals surface area contributed by atoms with E-state index in [1.807, 2.05) is 44.2 Å². The Morgan fingerprint density at radius 1 is 0.250 bits per heavy atom. The van der Waals surface area contributed by atoms with Crippen LogP contribution in [0.25, 0.3) is 0 Å². The zero-order valence-electron chi connectivity index (χ0n) is 81.4. The molecule has 0 amide bonds. The summed E-state index contributed by atoms with van der Waals surface area (Å²) in [6, 6.07) is 60.8. The predicted molar refractivity (Wildman–Crippen MR) is 518 cm³/mol. The maximum Gasteiger partial charge on any atom is 0.345 e. The summed E-state index contributed by atoms with van der Waals surface area (Å²) in [6.07, 6.45) is 29.8. The van der Waals surface area contributed by atoms with Crippen molar-refractivity contribution in [3.8, 4) is 0 Å². The van der Waals surface area contributed by atoms with E-state index in [1.54, 1.807) is 189 Å². The van der Waals surface area contributed by atoms with E-state index >= 15 is 0 Å². The molecule has 6 saturated carbocycles. The number of esters is 11. The van der Waals surface area contributed by atoms with Crippen LogP contribution in [0.15, 0.2) is 212 Å². The molecule has 0 aromatic heterocycles. The van der Waals surface area contributed by atoms with Crippen molar-refractivity contribution >= 4 is 77.6 Å². The molecule has 0 bridgehead atoms. The van der Waals surface area contributed by atoms with E-state index in [2.05, 4.69) is 0 Å². The van der Waals surface area contributed by atoms with Gasteiger partial charge >= 0.3 is 77.6 Å². The Morgan fingerprint density at radius 2 is 0.471 bits per heavy atom. The normalized spacial score (nSPS) is 15.7. The van der Waals surface area contributed by atoms with Crippen molar-refractivity contribution in [2.24, 2.45) is 46.3 Å². The van der Waals surface area contributed by atoms with Gasteiger partial charge in [0.1, 0.15) is 65.6 Å². The Kier molecular flexibility index (Phi) is 50.3. The summed E-state index contributed by atoms with van der Waals surface area (Å²) >= 11 is 0. The highest BCUT2D eigenvalue weighted by atomic mass is 17.2. The second-order valence-corrected chi connectivity index (χ2v) is 36.7. The number of ether oxygens (including phenoxy) is 11. The maximum absolute atomic E-state index is 12.7. The highest BCUT2D eigenvalue weighted by Crippen LogP contribution is 2.35. The second-order valence-electron chi connectivity index (χ2n) is 36.7. The molecule has 0 saturated heterocycles. The van der Waals surface area contributed by atoms with Gasteiger partial charge in [-0.2, -0.15) is 9.78 Å². The molecule has 28 heteroatoms. The summed E-state index contributed by atoms with van der Waals surface area (Å²) in [7, 11) is 0. The molecule has 0 N–H and O–H groups in total. The quantitative estimate of drug-likeness (QED) is 0.0113. The van der Waals surface area contributed by atoms with E-state index in [4.69, 9.17) is 71.7 Å². The topological polar surface area (TPSA) is 360 Å². The van der Waals surface area contributed by atoms with E-state index in [9.17, 15) is 62.3 Å². The van der Waals surface area contributed by atoms with Gasteiger partial charge < -0.3 is 52.1 Å². The molecule has 1 atom stereocenters. The van der Waals surface area contributed by atoms with E-state index in [-0.39, 0.29) is 150 Å². The zero-order chi connectivity index (χ0) is 99.6. The number of carbonyl (C=O) groups excluding carboxylic acids is 13. The first-order chi connectivity index (χ1) is 68.1. The highest BCUT2D eigenvalue weighted by molar-refractivity contribution is 5.93. The summed E-state index contributed by atoms with van der Waals surface area (Å²) in [4.78, 5) is 179. The van der Waals surface area contributed by atoms with Crippen LogP contribution in [0.2, 0.25) is 0 Å². The molecule has 6 fully saturated rings. The number of benzene rings is 7. The standard InChI is InChI=1S/C27H38O6.C27H32O6.C24H26O6.2C17H22O5/c2*1-2-27(18-31-24(28)21-12-6-3-7-13-21,19-32-25(29)22-14-8-4-9-15-22)20-33-26(30)23-16-10-5-11-17-23;25-22(18-10-4-1-5-11-18)28-16-21(30-24(27)20-14-8-3-9-15-20)17-29-23(26)19-12-6-2-7-13-19;1-13(12-20-16(18)14-8-4-2-5-9-14)21-22-17(19)15-10-6-3-7-11-15;18-16(14-8-3-1-4-9-14)20-12-7-13-21-22-17(19)15-10-5-2-6-11-15/h3,6-7,12-13,22-23H,2,4-5,8-11,14-20H2,1H3;3-4,6-9,12-15,23H,2,5,10-11,16-20H2,1H3;1-2,4-7,10-13,20-21H,3,8-9,14-17H2;2,4-5,8-9,13,15H,3,6-7,10-12H2,1H3;1,3-4,8-9,15H,2,5-7,10-13H2. The van der Waals surface area contributed by atoms with Crippen LogP contribution in [0.4, 0.5) is 0 Å². The molecule has 7 aromatic carbocycles. The minimum atomic E-state index is -0.861. The lowest BCUT2D eigenvalue weighted by molar-refractivity contribution is -0.302. The zero-order valence-corrected chi connectivity index (χ0v) is 81.4. The average molecular weight is 1930 g/mol. The van der Waals surface area contributed by atoms with Crippen LogP contribution in [0.5, 0.6) is 0 Å². The average Bonchev–Trinajstić information content (AvgIpc) is 0.842. The number of hydrogen-bond donors (Lipinski definition) is 0. The van der Waals surface area contributed by atoms with Crippen LogP contribution >= 0.6 is 0 Å². The van der Waals surface area contributed by atoms with E-state index in [0.717, 1.165) is 180 Å². The number of hydrogen-bond acceptors (Lipinski definition) is 28. The van der Waals surface area contributed by atoms with Crippen LogP contribution in [0.3, 0.4) is 0 Å². The van der Waals surface area contributed by atoms with Gasteiger partial charge in [0.15, 0.2) is 6.10 Å². The third-order valence-corrected chi connectivity index (χ3v) is 25.9. The molecule has 7 aromatic rings. The van der Waals surface area contributed by atoms with E-state index in [1.165, 1.54) is 12.8 Å². The molecule has 756 valence electrons. The first-order valence-electron chi connectivity index (χ1n) is 50.1. The molecular weight excluding hydrogens is 1790 g/mol. The fraction of sp³-hybridized carbons (Fsp3) is 0.509. The van der Waals surface area contributed by atoms with Gasteiger partial charge in [0.05, 0.1) is 98.5 Å². The summed E-state index contributed by atoms with van der Waals surface area (Å²) in [5.41, 5.74) is 1.53. The van der Waals surface area contributed by atoms with Gasteiger partial charge in [-0.15, -0.1) is 0 Å². The van der Waals surface area contributed by atoms with Crippen molar-refractivity contribution in [2.75, 3.05) is 72.7 Å². The molecule has 0 heterocycles. The largest absolute Gasteiger partial charge is 0.465 e. The van der Waals surface area contributed by atoms with E-state index in [0.29, 0.717) is 58.2 Å². The summed E-state index contributed by atoms with van der Waals surface area (Å²) in [5.74, 6) is -5.21. The lowest BCUT2D eigenvalue weighted by Crippen LogP contribution is -2.40. The Balaban J connectivity index is 0.000000198. The van der Waals surface area contributed by atoms with E-state index < -0.39 is 58.9 Å². The molecular formula is C112H140O28. The van der Waals surface area contributed by atoms with Crippen LogP contribution in [-0.4, -0.2) is 162 Å². The Morgan fingerprint density at radius 3 is 0.736 bits per heavy atom. The minimum absolute atomic E-state index is 0.0168. The van der Waals surface area contributed by atoms with Gasteiger partial charge in [-0.1, -0.05) is 257 Å². The van der Waals surface area contributed by atoms with Crippen molar-refractivity contribution in [1.29, 1.82) is 0 Å². The predicted octanol–water partition coefficient (Wildman–Crippen LogP) is 21.5. The molecule has 0 radical (unpaired) electrons. The van der Waals surface area contributed by atoms with Crippen molar-refractivity contribution < 1.29 is 134 Å². The Labute approximate surface area is 822 Å². The SMILES string of the molecule is CC(COC(=O)c1ccccc1)OOC(=O)C1CCCCC1.CCC(COC(=O)c1ccccc1)(COC(=O)C1CCCCC1)COC(=O)C1CCCCC1.CCC(COC(=O)c1ccccc1)(COC(=O)c1ccccc1)COC(=O)C1CCCCC1.O=C(OCC(COC(=O)c1ccccc1)OC(=O)C1CCCCC1)c1ccccc1.O=C(OCCCOOC(=O)C1CCCCC1)c1ccccc1. The van der Waals surface area contributed by atoms with Crippen molar-refractivity contribution in [3.05, 3.63) is 251 Å². The second kappa shape index (κ2) is 63.3. The van der Waals surface area contributed by atoms with Gasteiger partial charge in [0.2, 0.25) is 0 Å². The lowest BCUT2D eigenvalue weighted by Gasteiger charge is -2.32. The fourth-order valence-corrected chi connectivity index (χ4v) is 16.8. The number of carbonyl (C=O) groups is 13. The fourth-order valence-electron chi connectivity index (χ4n) is 16.8. The van der Waals surface area contributed by atoms with Gasteiger partial charge in [0.25, 0.3) is 0 Å². The van der Waals surface area contributed by atoms with Crippen LogP contribution in [-0.2, 0) is 100 Å². The summed E-state index contributed by atoms with van der Waals surface area (Å²) in [6.45, 7) is 5.76. The first-order valence-corrected chi connectivity index (χ1v) is 50.1.